The largest absolute Gasteiger partial charge is 0.480 e. The Morgan fingerprint density at radius 3 is 2.69 bits per heavy atom. The maximum atomic E-state index is 12.4. The van der Waals surface area contributed by atoms with Crippen molar-refractivity contribution in [1.82, 2.24) is 0 Å². The van der Waals surface area contributed by atoms with Crippen LogP contribution < -0.4 is 10.1 Å². The molecule has 0 heterocycles. The number of aryl methyl sites for hydroxylation is 2. The lowest BCUT2D eigenvalue weighted by atomic mass is 10.1. The van der Waals surface area contributed by atoms with Gasteiger partial charge in [-0.05, 0) is 61.4 Å². The van der Waals surface area contributed by atoms with E-state index in [0.29, 0.717) is 22.0 Å². The molecule has 0 aliphatic heterocycles. The summed E-state index contributed by atoms with van der Waals surface area (Å²) in [7, 11) is 0. The smallest absolute Gasteiger partial charge is 0.266 e. The van der Waals surface area contributed by atoms with Gasteiger partial charge in [-0.1, -0.05) is 23.6 Å². The molecule has 0 radical (unpaired) electrons. The zero-order valence-corrected chi connectivity index (χ0v) is 15.2. The topological polar surface area (TPSA) is 62.1 Å². The van der Waals surface area contributed by atoms with E-state index in [1.54, 1.807) is 24.3 Å². The van der Waals surface area contributed by atoms with Gasteiger partial charge in [-0.25, -0.2) is 0 Å². The van der Waals surface area contributed by atoms with Crippen LogP contribution in [-0.2, 0) is 4.79 Å². The Morgan fingerprint density at radius 2 is 2.04 bits per heavy atom. The highest BCUT2D eigenvalue weighted by atomic mass is 35.5. The first kappa shape index (κ1) is 19.1. The van der Waals surface area contributed by atoms with Gasteiger partial charge in [-0.3, -0.25) is 4.79 Å². The van der Waals surface area contributed by atoms with Crippen molar-refractivity contribution in [3.8, 4) is 24.2 Å². The number of rotatable bonds is 5. The number of benzene rings is 2. The average molecular weight is 365 g/mol. The van der Waals surface area contributed by atoms with Crippen LogP contribution in [0.4, 0.5) is 5.69 Å². The van der Waals surface area contributed by atoms with E-state index >= 15 is 0 Å². The summed E-state index contributed by atoms with van der Waals surface area (Å²) in [6.07, 6.45) is 6.63. The lowest BCUT2D eigenvalue weighted by molar-refractivity contribution is -0.112. The molecule has 0 aliphatic carbocycles. The number of carbonyl (C=O) groups excluding carboxylic acids is 1. The summed E-state index contributed by atoms with van der Waals surface area (Å²) in [4.78, 5) is 12.4. The van der Waals surface area contributed by atoms with Crippen LogP contribution in [0.25, 0.3) is 6.08 Å². The molecule has 4 nitrogen and oxygen atoms in total. The van der Waals surface area contributed by atoms with E-state index in [1.165, 1.54) is 6.08 Å². The predicted octanol–water partition coefficient (Wildman–Crippen LogP) is 4.51. The fraction of sp³-hybridized carbons (Fsp3) is 0.143. The number of hydrogen-bond donors (Lipinski definition) is 1. The first-order valence-corrected chi connectivity index (χ1v) is 8.18. The number of anilines is 1. The summed E-state index contributed by atoms with van der Waals surface area (Å²) in [5.41, 5.74) is 3.21. The molecule has 0 unspecified atom stereocenters. The third-order valence-corrected chi connectivity index (χ3v) is 3.95. The van der Waals surface area contributed by atoms with Crippen LogP contribution in [0.2, 0.25) is 5.02 Å². The van der Waals surface area contributed by atoms with Crippen LogP contribution >= 0.6 is 11.6 Å². The van der Waals surface area contributed by atoms with E-state index in [0.717, 1.165) is 11.1 Å². The van der Waals surface area contributed by atoms with Crippen LogP contribution in [0.5, 0.6) is 5.75 Å². The number of nitrogens with zero attached hydrogens (tertiary/aromatic N) is 1. The second-order valence-electron chi connectivity index (χ2n) is 5.60. The third-order valence-electron chi connectivity index (χ3n) is 3.71. The summed E-state index contributed by atoms with van der Waals surface area (Å²) < 4.78 is 5.43. The van der Waals surface area contributed by atoms with Gasteiger partial charge in [0.2, 0.25) is 0 Å². The van der Waals surface area contributed by atoms with Gasteiger partial charge in [0.25, 0.3) is 5.91 Å². The Hall–Kier alpha value is -3.21. The Kier molecular flexibility index (Phi) is 6.44. The molecule has 5 heteroatoms. The first-order valence-electron chi connectivity index (χ1n) is 7.81. The minimum atomic E-state index is -0.515. The highest BCUT2D eigenvalue weighted by Gasteiger charge is 2.12. The Morgan fingerprint density at radius 1 is 1.27 bits per heavy atom. The summed E-state index contributed by atoms with van der Waals surface area (Å²) >= 11 is 6.01. The molecule has 1 N–H and O–H groups in total. The lowest BCUT2D eigenvalue weighted by Crippen LogP contribution is -2.13. The van der Waals surface area contributed by atoms with Crippen LogP contribution in [-0.4, -0.2) is 12.5 Å². The fourth-order valence-electron chi connectivity index (χ4n) is 2.20. The van der Waals surface area contributed by atoms with Gasteiger partial charge in [0.1, 0.15) is 24.0 Å². The molecule has 1 amide bonds. The number of hydrogen-bond acceptors (Lipinski definition) is 3. The SMILES string of the molecule is C#CCOc1ccc(Cl)cc1/C=C(\C#N)C(=O)Nc1ccc(C)c(C)c1. The lowest BCUT2D eigenvalue weighted by Gasteiger charge is -2.09. The molecule has 0 spiro atoms. The van der Waals surface area contributed by atoms with Crippen LogP contribution in [0, 0.1) is 37.5 Å². The van der Waals surface area contributed by atoms with E-state index in [4.69, 9.17) is 22.8 Å². The molecule has 0 saturated heterocycles. The van der Waals surface area contributed by atoms with Crippen molar-refractivity contribution >= 4 is 29.3 Å². The zero-order valence-electron chi connectivity index (χ0n) is 14.5. The zero-order chi connectivity index (χ0) is 19.1. The maximum absolute atomic E-state index is 12.4. The van der Waals surface area contributed by atoms with E-state index in [9.17, 15) is 10.1 Å². The minimum Gasteiger partial charge on any atom is -0.480 e. The van der Waals surface area contributed by atoms with Gasteiger partial charge < -0.3 is 10.1 Å². The molecule has 0 aromatic heterocycles. The molecule has 0 bridgehead atoms. The summed E-state index contributed by atoms with van der Waals surface area (Å²) in [5, 5.41) is 12.6. The molecule has 0 aliphatic rings. The van der Waals surface area contributed by atoms with E-state index < -0.39 is 5.91 Å². The average Bonchev–Trinajstić information content (AvgIpc) is 2.62. The molecule has 0 atom stereocenters. The van der Waals surface area contributed by atoms with Crippen LogP contribution in [0.1, 0.15) is 16.7 Å². The van der Waals surface area contributed by atoms with Crippen molar-refractivity contribution < 1.29 is 9.53 Å². The number of halogens is 1. The summed E-state index contributed by atoms with van der Waals surface area (Å²) in [6.45, 7) is 4.00. The van der Waals surface area contributed by atoms with E-state index in [-0.39, 0.29) is 12.2 Å². The van der Waals surface area contributed by atoms with Gasteiger partial charge in [0.05, 0.1) is 0 Å². The second-order valence-corrected chi connectivity index (χ2v) is 6.03. The Bertz CT molecular complexity index is 949. The number of ether oxygens (including phenoxy) is 1. The predicted molar refractivity (Wildman–Crippen MR) is 104 cm³/mol. The van der Waals surface area contributed by atoms with Gasteiger partial charge in [-0.2, -0.15) is 5.26 Å². The maximum Gasteiger partial charge on any atom is 0.266 e. The number of carbonyl (C=O) groups is 1. The van der Waals surface area contributed by atoms with Crippen molar-refractivity contribution in [2.24, 2.45) is 0 Å². The monoisotopic (exact) mass is 364 g/mol. The van der Waals surface area contributed by atoms with Gasteiger partial charge in [0, 0.05) is 16.3 Å². The van der Waals surface area contributed by atoms with Crippen molar-refractivity contribution in [3.63, 3.8) is 0 Å². The van der Waals surface area contributed by atoms with Crippen LogP contribution in [0.15, 0.2) is 42.0 Å². The van der Waals surface area contributed by atoms with E-state index in [1.807, 2.05) is 32.0 Å². The second kappa shape index (κ2) is 8.76. The molecule has 0 saturated carbocycles. The van der Waals surface area contributed by atoms with Gasteiger partial charge in [-0.15, -0.1) is 6.42 Å². The normalized spacial score (nSPS) is 10.6. The summed E-state index contributed by atoms with van der Waals surface area (Å²) in [5.74, 6) is 2.30. The van der Waals surface area contributed by atoms with Crippen molar-refractivity contribution in [2.45, 2.75) is 13.8 Å². The summed E-state index contributed by atoms with van der Waals surface area (Å²) in [6, 6.07) is 12.3. The molecule has 0 fully saturated rings. The number of amides is 1. The molecular formula is C21H17ClN2O2. The highest BCUT2D eigenvalue weighted by molar-refractivity contribution is 6.30. The van der Waals surface area contributed by atoms with Crippen molar-refractivity contribution in [2.75, 3.05) is 11.9 Å². The Balaban J connectivity index is 2.31. The number of nitrogens with one attached hydrogen (secondary N) is 1. The molecule has 2 rings (SSSR count). The molecule has 2 aromatic rings. The number of terminal acetylenes is 1. The minimum absolute atomic E-state index is 0.0686. The highest BCUT2D eigenvalue weighted by Crippen LogP contribution is 2.25. The first-order chi connectivity index (χ1) is 12.4. The van der Waals surface area contributed by atoms with Crippen molar-refractivity contribution in [1.29, 1.82) is 5.26 Å². The molecule has 26 heavy (non-hydrogen) atoms. The van der Waals surface area contributed by atoms with Crippen LogP contribution in [0.3, 0.4) is 0 Å². The van der Waals surface area contributed by atoms with Gasteiger partial charge in [0.15, 0.2) is 0 Å². The molecule has 130 valence electrons. The van der Waals surface area contributed by atoms with Crippen molar-refractivity contribution in [3.05, 3.63) is 63.7 Å². The van der Waals surface area contributed by atoms with E-state index in [2.05, 4.69) is 11.2 Å². The quantitative estimate of drug-likeness (QED) is 0.482. The van der Waals surface area contributed by atoms with Gasteiger partial charge >= 0.3 is 0 Å². The molecular weight excluding hydrogens is 348 g/mol. The molecule has 2 aromatic carbocycles. The third kappa shape index (κ3) is 4.89. The standard InChI is InChI=1S/C21H17ClN2O2/c1-4-9-26-20-8-6-18(22)12-16(20)11-17(13-23)21(25)24-19-7-5-14(2)15(3)10-19/h1,5-8,10-12H,9H2,2-3H3,(H,24,25)/b17-11+. The fourth-order valence-corrected chi connectivity index (χ4v) is 2.39. The number of nitriles is 1. The Labute approximate surface area is 158 Å².